The van der Waals surface area contributed by atoms with Crippen LogP contribution in [0.1, 0.15) is 52.4 Å². The van der Waals surface area contributed by atoms with Gasteiger partial charge in [0.15, 0.2) is 0 Å². The van der Waals surface area contributed by atoms with Gasteiger partial charge in [-0.1, -0.05) is 12.8 Å². The van der Waals surface area contributed by atoms with Crippen molar-refractivity contribution in [1.29, 1.82) is 0 Å². The van der Waals surface area contributed by atoms with E-state index in [2.05, 4.69) is 18.7 Å². The highest BCUT2D eigenvalue weighted by Gasteiger charge is 2.43. The summed E-state index contributed by atoms with van der Waals surface area (Å²) in [5.74, 6) is 0.822. The Labute approximate surface area is 94.2 Å². The minimum atomic E-state index is 0.397. The molecule has 2 nitrogen and oxygen atoms in total. The van der Waals surface area contributed by atoms with Crippen LogP contribution in [0.15, 0.2) is 0 Å². The molecule has 1 atom stereocenters. The number of nitrogens with two attached hydrogens (primary N) is 1. The standard InChI is InChI=1S/C13H26N2/c1-13(2)11(7-9-14)8-10-15(13)12-5-3-4-6-12/h11-12H,3-10,14H2,1-2H3. The normalized spacial score (nSPS) is 32.6. The number of nitrogens with zero attached hydrogens (tertiary/aromatic N) is 1. The van der Waals surface area contributed by atoms with Crippen LogP contribution in [0.5, 0.6) is 0 Å². The van der Waals surface area contributed by atoms with Crippen molar-refractivity contribution in [1.82, 2.24) is 4.90 Å². The predicted molar refractivity (Wildman–Crippen MR) is 64.8 cm³/mol. The highest BCUT2D eigenvalue weighted by Crippen LogP contribution is 2.41. The molecule has 1 saturated carbocycles. The molecule has 2 N–H and O–H groups in total. The molecule has 0 aromatic heterocycles. The highest BCUT2D eigenvalue weighted by molar-refractivity contribution is 4.98. The maximum absolute atomic E-state index is 5.71. The predicted octanol–water partition coefficient (Wildman–Crippen LogP) is 2.38. The first-order chi connectivity index (χ1) is 7.16. The Hall–Kier alpha value is -0.0800. The van der Waals surface area contributed by atoms with E-state index in [9.17, 15) is 0 Å². The molecule has 2 heteroatoms. The van der Waals surface area contributed by atoms with Gasteiger partial charge in [0.25, 0.3) is 0 Å². The van der Waals surface area contributed by atoms with Crippen molar-refractivity contribution in [3.8, 4) is 0 Å². The fourth-order valence-corrected chi connectivity index (χ4v) is 3.74. The Morgan fingerprint density at radius 3 is 2.47 bits per heavy atom. The van der Waals surface area contributed by atoms with Gasteiger partial charge in [-0.25, -0.2) is 0 Å². The zero-order chi connectivity index (χ0) is 10.9. The zero-order valence-electron chi connectivity index (χ0n) is 10.3. The van der Waals surface area contributed by atoms with Gasteiger partial charge in [-0.15, -0.1) is 0 Å². The van der Waals surface area contributed by atoms with E-state index in [0.717, 1.165) is 18.5 Å². The van der Waals surface area contributed by atoms with Gasteiger partial charge < -0.3 is 5.73 Å². The van der Waals surface area contributed by atoms with Gasteiger partial charge in [0.1, 0.15) is 0 Å². The smallest absolute Gasteiger partial charge is 0.0185 e. The highest BCUT2D eigenvalue weighted by atomic mass is 15.2. The van der Waals surface area contributed by atoms with Gasteiger partial charge >= 0.3 is 0 Å². The van der Waals surface area contributed by atoms with Crippen LogP contribution in [0.25, 0.3) is 0 Å². The summed E-state index contributed by atoms with van der Waals surface area (Å²) in [5.41, 5.74) is 6.11. The maximum atomic E-state index is 5.71. The second kappa shape index (κ2) is 4.42. The summed E-state index contributed by atoms with van der Waals surface area (Å²) in [6.07, 6.45) is 8.31. The van der Waals surface area contributed by atoms with Gasteiger partial charge in [0.2, 0.25) is 0 Å². The summed E-state index contributed by atoms with van der Waals surface area (Å²) in [5, 5.41) is 0. The molecule has 0 radical (unpaired) electrons. The Morgan fingerprint density at radius 2 is 1.87 bits per heavy atom. The fourth-order valence-electron chi connectivity index (χ4n) is 3.74. The number of likely N-dealkylation sites (tertiary alicyclic amines) is 1. The lowest BCUT2D eigenvalue weighted by Gasteiger charge is -2.40. The van der Waals surface area contributed by atoms with Crippen molar-refractivity contribution in [3.63, 3.8) is 0 Å². The topological polar surface area (TPSA) is 29.3 Å². The van der Waals surface area contributed by atoms with E-state index in [0.29, 0.717) is 5.54 Å². The van der Waals surface area contributed by atoms with Crippen LogP contribution in [0.2, 0.25) is 0 Å². The average Bonchev–Trinajstić information content (AvgIpc) is 2.76. The molecule has 0 bridgehead atoms. The summed E-state index contributed by atoms with van der Waals surface area (Å²) < 4.78 is 0. The second-order valence-corrected chi connectivity index (χ2v) is 5.85. The van der Waals surface area contributed by atoms with E-state index in [1.54, 1.807) is 0 Å². The lowest BCUT2D eigenvalue weighted by Crippen LogP contribution is -2.47. The quantitative estimate of drug-likeness (QED) is 0.775. The van der Waals surface area contributed by atoms with Crippen LogP contribution in [0.3, 0.4) is 0 Å². The molecular weight excluding hydrogens is 184 g/mol. The number of rotatable bonds is 3. The lowest BCUT2D eigenvalue weighted by molar-refractivity contribution is 0.0887. The summed E-state index contributed by atoms with van der Waals surface area (Å²) in [4.78, 5) is 2.78. The monoisotopic (exact) mass is 210 g/mol. The lowest BCUT2D eigenvalue weighted by atomic mass is 9.85. The molecule has 1 unspecified atom stereocenters. The molecule has 2 rings (SSSR count). The van der Waals surface area contributed by atoms with E-state index in [-0.39, 0.29) is 0 Å². The molecule has 0 spiro atoms. The molecule has 0 aromatic carbocycles. The largest absolute Gasteiger partial charge is 0.330 e. The van der Waals surface area contributed by atoms with Crippen LogP contribution in [-0.2, 0) is 0 Å². The van der Waals surface area contributed by atoms with Crippen molar-refractivity contribution in [2.75, 3.05) is 13.1 Å². The van der Waals surface area contributed by atoms with Crippen LogP contribution in [0.4, 0.5) is 0 Å². The average molecular weight is 210 g/mol. The first-order valence-electron chi connectivity index (χ1n) is 6.63. The van der Waals surface area contributed by atoms with E-state index < -0.39 is 0 Å². The molecule has 1 aliphatic heterocycles. The molecule has 1 heterocycles. The first-order valence-corrected chi connectivity index (χ1v) is 6.63. The third kappa shape index (κ3) is 2.07. The minimum Gasteiger partial charge on any atom is -0.330 e. The first kappa shape index (κ1) is 11.4. The van der Waals surface area contributed by atoms with Gasteiger partial charge in [-0.3, -0.25) is 4.90 Å². The Kier molecular flexibility index (Phi) is 3.36. The molecule has 1 saturated heterocycles. The van der Waals surface area contributed by atoms with Crippen LogP contribution >= 0.6 is 0 Å². The van der Waals surface area contributed by atoms with E-state index in [1.165, 1.54) is 45.1 Å². The number of hydrogen-bond acceptors (Lipinski definition) is 2. The zero-order valence-corrected chi connectivity index (χ0v) is 10.3. The van der Waals surface area contributed by atoms with Crippen LogP contribution in [0, 0.1) is 5.92 Å². The molecule has 15 heavy (non-hydrogen) atoms. The maximum Gasteiger partial charge on any atom is 0.0185 e. The van der Waals surface area contributed by atoms with Gasteiger partial charge in [-0.05, 0) is 58.5 Å². The molecule has 0 amide bonds. The Bertz CT molecular complexity index is 207. The van der Waals surface area contributed by atoms with Crippen molar-refractivity contribution in [3.05, 3.63) is 0 Å². The second-order valence-electron chi connectivity index (χ2n) is 5.85. The Morgan fingerprint density at radius 1 is 1.20 bits per heavy atom. The third-order valence-electron chi connectivity index (χ3n) is 4.74. The van der Waals surface area contributed by atoms with E-state index >= 15 is 0 Å². The van der Waals surface area contributed by atoms with Gasteiger partial charge in [0, 0.05) is 11.6 Å². The fraction of sp³-hybridized carbons (Fsp3) is 1.00. The summed E-state index contributed by atoms with van der Waals surface area (Å²) in [6.45, 7) is 7.02. The van der Waals surface area contributed by atoms with E-state index in [4.69, 9.17) is 5.73 Å². The van der Waals surface area contributed by atoms with E-state index in [1.807, 2.05) is 0 Å². The molecule has 0 aromatic rings. The van der Waals surface area contributed by atoms with Crippen molar-refractivity contribution in [2.24, 2.45) is 11.7 Å². The molecule has 2 aliphatic rings. The molecule has 2 fully saturated rings. The van der Waals surface area contributed by atoms with Crippen molar-refractivity contribution in [2.45, 2.75) is 64.0 Å². The van der Waals surface area contributed by atoms with Crippen LogP contribution < -0.4 is 5.73 Å². The van der Waals surface area contributed by atoms with Gasteiger partial charge in [-0.2, -0.15) is 0 Å². The Balaban J connectivity index is 2.01. The minimum absolute atomic E-state index is 0.397. The van der Waals surface area contributed by atoms with Crippen LogP contribution in [-0.4, -0.2) is 29.6 Å². The third-order valence-corrected chi connectivity index (χ3v) is 4.74. The number of hydrogen-bond donors (Lipinski definition) is 1. The SMILES string of the molecule is CC1(C)C(CCN)CCN1C1CCCC1. The van der Waals surface area contributed by atoms with Crippen molar-refractivity contribution >= 4 is 0 Å². The molecule has 88 valence electrons. The molecular formula is C13H26N2. The summed E-state index contributed by atoms with van der Waals surface area (Å²) >= 11 is 0. The van der Waals surface area contributed by atoms with Gasteiger partial charge in [0.05, 0.1) is 0 Å². The summed E-state index contributed by atoms with van der Waals surface area (Å²) in [7, 11) is 0. The molecule has 1 aliphatic carbocycles. The van der Waals surface area contributed by atoms with Crippen molar-refractivity contribution < 1.29 is 0 Å². The summed E-state index contributed by atoms with van der Waals surface area (Å²) in [6, 6.07) is 0.878.